The van der Waals surface area contributed by atoms with Gasteiger partial charge in [-0.2, -0.15) is 0 Å². The van der Waals surface area contributed by atoms with Crippen LogP contribution in [0.1, 0.15) is 6.92 Å². The highest BCUT2D eigenvalue weighted by Crippen LogP contribution is 2.05. The number of ether oxygens (including phenoxy) is 1. The number of esters is 1. The molecule has 0 saturated heterocycles. The van der Waals surface area contributed by atoms with Crippen LogP contribution < -0.4 is 0 Å². The molecule has 0 atom stereocenters. The third-order valence-electron chi connectivity index (χ3n) is 1.63. The normalized spacial score (nSPS) is 15.8. The Kier molecular flexibility index (Phi) is 2.91. The van der Waals surface area contributed by atoms with Crippen molar-refractivity contribution < 1.29 is 9.53 Å². The monoisotopic (exact) mass is 167 g/mol. The first-order valence-electron chi connectivity index (χ1n) is 3.89. The second kappa shape index (κ2) is 3.95. The zero-order valence-corrected chi connectivity index (χ0v) is 7.41. The van der Waals surface area contributed by atoms with Gasteiger partial charge >= 0.3 is 5.97 Å². The van der Waals surface area contributed by atoms with Crippen molar-refractivity contribution in [2.45, 2.75) is 6.92 Å². The van der Waals surface area contributed by atoms with E-state index in [-0.39, 0.29) is 5.97 Å². The first-order valence-corrected chi connectivity index (χ1v) is 3.89. The molecule has 1 aliphatic rings. The number of likely N-dealkylation sites (N-methyl/N-ethyl adjacent to an activating group) is 1. The van der Waals surface area contributed by atoms with E-state index in [4.69, 9.17) is 4.74 Å². The van der Waals surface area contributed by atoms with E-state index in [2.05, 4.69) is 4.90 Å². The van der Waals surface area contributed by atoms with E-state index in [0.29, 0.717) is 6.61 Å². The molecule has 66 valence electrons. The molecule has 0 aromatic heterocycles. The Morgan fingerprint density at radius 3 is 3.00 bits per heavy atom. The molecule has 0 radical (unpaired) electrons. The minimum Gasteiger partial charge on any atom is -0.461 e. The highest BCUT2D eigenvalue weighted by atomic mass is 16.5. The summed E-state index contributed by atoms with van der Waals surface area (Å²) in [6, 6.07) is 0. The minimum absolute atomic E-state index is 0.233. The van der Waals surface area contributed by atoms with Gasteiger partial charge in [-0.15, -0.1) is 0 Å². The predicted molar refractivity (Wildman–Crippen MR) is 46.5 cm³/mol. The number of carbonyl (C=O) groups excluding carboxylic acids is 1. The summed E-state index contributed by atoms with van der Waals surface area (Å²) in [4.78, 5) is 12.5. The number of hydrogen-bond acceptors (Lipinski definition) is 3. The molecule has 0 aliphatic carbocycles. The summed E-state index contributed by atoms with van der Waals surface area (Å²) in [6.45, 7) is 2.69. The Bertz CT molecular complexity index is 231. The predicted octanol–water partition coefficient (Wildman–Crippen LogP) is 0.935. The quantitative estimate of drug-likeness (QED) is 0.573. The van der Waals surface area contributed by atoms with Gasteiger partial charge in [0, 0.05) is 20.5 Å². The van der Waals surface area contributed by atoms with Gasteiger partial charge in [-0.25, -0.2) is 0 Å². The number of carbonyl (C=O) groups is 1. The van der Waals surface area contributed by atoms with Crippen molar-refractivity contribution in [2.75, 3.05) is 20.2 Å². The van der Waals surface area contributed by atoms with Crippen molar-refractivity contribution in [3.05, 3.63) is 23.9 Å². The molecule has 1 rings (SSSR count). The Balaban J connectivity index is 2.35. The molecule has 0 bridgehead atoms. The van der Waals surface area contributed by atoms with Gasteiger partial charge in [-0.3, -0.25) is 4.79 Å². The summed E-state index contributed by atoms with van der Waals surface area (Å²) in [7, 11) is 2.00. The van der Waals surface area contributed by atoms with E-state index in [1.807, 2.05) is 25.4 Å². The maximum Gasteiger partial charge on any atom is 0.302 e. The van der Waals surface area contributed by atoms with Crippen LogP contribution in [-0.2, 0) is 9.53 Å². The van der Waals surface area contributed by atoms with Gasteiger partial charge in [-0.1, -0.05) is 6.08 Å². The van der Waals surface area contributed by atoms with Gasteiger partial charge in [0.05, 0.1) is 0 Å². The highest BCUT2D eigenvalue weighted by Gasteiger charge is 2.01. The summed E-state index contributed by atoms with van der Waals surface area (Å²) < 4.78 is 4.84. The second-order valence-electron chi connectivity index (χ2n) is 2.81. The molecule has 0 saturated carbocycles. The van der Waals surface area contributed by atoms with E-state index >= 15 is 0 Å². The van der Waals surface area contributed by atoms with Gasteiger partial charge in [-0.05, 0) is 17.8 Å². The fourth-order valence-corrected chi connectivity index (χ4v) is 0.905. The van der Waals surface area contributed by atoms with Crippen molar-refractivity contribution in [3.8, 4) is 0 Å². The average Bonchev–Trinajstić information content (AvgIpc) is 2.03. The molecule has 0 spiro atoms. The van der Waals surface area contributed by atoms with Crippen LogP contribution in [0.4, 0.5) is 0 Å². The molecular weight excluding hydrogens is 154 g/mol. The summed E-state index contributed by atoms with van der Waals surface area (Å²) in [6.07, 6.45) is 5.97. The molecule has 12 heavy (non-hydrogen) atoms. The average molecular weight is 167 g/mol. The largest absolute Gasteiger partial charge is 0.461 e. The first-order chi connectivity index (χ1) is 5.68. The minimum atomic E-state index is -0.233. The molecule has 0 N–H and O–H groups in total. The zero-order chi connectivity index (χ0) is 8.97. The topological polar surface area (TPSA) is 29.5 Å². The van der Waals surface area contributed by atoms with Gasteiger partial charge < -0.3 is 9.64 Å². The first kappa shape index (κ1) is 8.84. The molecule has 1 heterocycles. The van der Waals surface area contributed by atoms with Crippen LogP contribution in [0, 0.1) is 0 Å². The number of rotatable bonds is 2. The van der Waals surface area contributed by atoms with E-state index in [9.17, 15) is 4.79 Å². The van der Waals surface area contributed by atoms with Crippen LogP contribution >= 0.6 is 0 Å². The van der Waals surface area contributed by atoms with Crippen molar-refractivity contribution >= 4 is 5.97 Å². The molecule has 1 aliphatic heterocycles. The maximum atomic E-state index is 10.5. The fourth-order valence-electron chi connectivity index (χ4n) is 0.905. The smallest absolute Gasteiger partial charge is 0.302 e. The van der Waals surface area contributed by atoms with Crippen molar-refractivity contribution in [1.82, 2.24) is 4.90 Å². The zero-order valence-electron chi connectivity index (χ0n) is 7.41. The third kappa shape index (κ3) is 2.78. The number of hydrogen-bond donors (Lipinski definition) is 0. The molecule has 0 aromatic carbocycles. The van der Waals surface area contributed by atoms with Gasteiger partial charge in [0.1, 0.15) is 6.61 Å². The Labute approximate surface area is 72.3 Å². The van der Waals surface area contributed by atoms with E-state index in [0.717, 1.165) is 12.1 Å². The van der Waals surface area contributed by atoms with Crippen LogP contribution in [0.15, 0.2) is 23.9 Å². The maximum absolute atomic E-state index is 10.5. The SMILES string of the molecule is CC(=O)OCC1=CCN(C)C=C1. The van der Waals surface area contributed by atoms with E-state index in [1.54, 1.807) is 0 Å². The Morgan fingerprint density at radius 1 is 1.75 bits per heavy atom. The highest BCUT2D eigenvalue weighted by molar-refractivity contribution is 5.66. The lowest BCUT2D eigenvalue weighted by Crippen LogP contribution is -2.15. The van der Waals surface area contributed by atoms with Crippen LogP contribution in [0.5, 0.6) is 0 Å². The standard InChI is InChI=1S/C9H13NO2/c1-8(11)12-7-9-3-5-10(2)6-4-9/h3-5H,6-7H2,1-2H3. The summed E-state index contributed by atoms with van der Waals surface area (Å²) >= 11 is 0. The number of nitrogens with zero attached hydrogens (tertiary/aromatic N) is 1. The lowest BCUT2D eigenvalue weighted by Gasteiger charge is -2.16. The molecule has 0 aromatic rings. The van der Waals surface area contributed by atoms with Gasteiger partial charge in [0.15, 0.2) is 0 Å². The molecule has 0 amide bonds. The fraction of sp³-hybridized carbons (Fsp3) is 0.444. The second-order valence-corrected chi connectivity index (χ2v) is 2.81. The van der Waals surface area contributed by atoms with Gasteiger partial charge in [0.2, 0.25) is 0 Å². The van der Waals surface area contributed by atoms with Crippen LogP contribution in [-0.4, -0.2) is 31.1 Å². The van der Waals surface area contributed by atoms with Crippen molar-refractivity contribution in [3.63, 3.8) is 0 Å². The van der Waals surface area contributed by atoms with Gasteiger partial charge in [0.25, 0.3) is 0 Å². The molecular formula is C9H13NO2. The van der Waals surface area contributed by atoms with Crippen molar-refractivity contribution in [2.24, 2.45) is 0 Å². The van der Waals surface area contributed by atoms with Crippen molar-refractivity contribution in [1.29, 1.82) is 0 Å². The molecule has 3 nitrogen and oxygen atoms in total. The lowest BCUT2D eigenvalue weighted by atomic mass is 10.2. The van der Waals surface area contributed by atoms with Crippen LogP contribution in [0.25, 0.3) is 0 Å². The summed E-state index contributed by atoms with van der Waals surface area (Å²) in [5.74, 6) is -0.233. The van der Waals surface area contributed by atoms with Crippen LogP contribution in [0.3, 0.4) is 0 Å². The summed E-state index contributed by atoms with van der Waals surface area (Å²) in [5.41, 5.74) is 1.06. The van der Waals surface area contributed by atoms with E-state index < -0.39 is 0 Å². The Morgan fingerprint density at radius 2 is 2.50 bits per heavy atom. The molecule has 0 fully saturated rings. The summed E-state index contributed by atoms with van der Waals surface area (Å²) in [5, 5.41) is 0. The van der Waals surface area contributed by atoms with Crippen LogP contribution in [0.2, 0.25) is 0 Å². The Hall–Kier alpha value is -1.25. The third-order valence-corrected chi connectivity index (χ3v) is 1.63. The lowest BCUT2D eigenvalue weighted by molar-refractivity contribution is -0.139. The molecule has 0 unspecified atom stereocenters. The van der Waals surface area contributed by atoms with E-state index in [1.165, 1.54) is 6.92 Å². The molecule has 3 heteroatoms.